The number of methoxy groups -OCH3 is 1. The molecule has 0 aliphatic heterocycles. The number of aromatic hydroxyl groups is 1. The molecule has 1 amide bonds. The van der Waals surface area contributed by atoms with Crippen LogP contribution in [0.1, 0.15) is 36.7 Å². The number of nitrogens with zero attached hydrogens (tertiary/aromatic N) is 3. The first kappa shape index (κ1) is 20.4. The van der Waals surface area contributed by atoms with E-state index in [1.807, 2.05) is 45.9 Å². The molecule has 0 saturated heterocycles. The molecule has 0 saturated carbocycles. The van der Waals surface area contributed by atoms with E-state index in [2.05, 4.69) is 10.2 Å². The maximum Gasteiger partial charge on any atom is 0.295 e. The van der Waals surface area contributed by atoms with Crippen molar-refractivity contribution in [2.75, 3.05) is 7.11 Å². The van der Waals surface area contributed by atoms with Gasteiger partial charge < -0.3 is 19.1 Å². The highest BCUT2D eigenvalue weighted by Crippen LogP contribution is 2.39. The van der Waals surface area contributed by atoms with E-state index in [1.54, 1.807) is 22.8 Å². The summed E-state index contributed by atoms with van der Waals surface area (Å²) >= 11 is 0. The van der Waals surface area contributed by atoms with E-state index in [1.165, 1.54) is 7.11 Å². The number of fused-ring (bicyclic) bond motifs is 1. The van der Waals surface area contributed by atoms with Gasteiger partial charge in [0.2, 0.25) is 5.88 Å². The highest BCUT2D eigenvalue weighted by Gasteiger charge is 2.17. The van der Waals surface area contributed by atoms with Crippen LogP contribution in [-0.2, 0) is 6.54 Å². The molecule has 0 aliphatic carbocycles. The number of amides is 1. The van der Waals surface area contributed by atoms with Crippen LogP contribution in [-0.4, -0.2) is 28.8 Å². The van der Waals surface area contributed by atoms with Gasteiger partial charge in [0.25, 0.3) is 5.91 Å². The minimum atomic E-state index is -0.538. The van der Waals surface area contributed by atoms with Crippen molar-refractivity contribution >= 4 is 22.5 Å². The van der Waals surface area contributed by atoms with Gasteiger partial charge in [0.1, 0.15) is 0 Å². The lowest BCUT2D eigenvalue weighted by molar-refractivity contribution is 0.0994. The molecular weight excluding hydrogens is 370 g/mol. The number of rotatable bonds is 6. The van der Waals surface area contributed by atoms with Gasteiger partial charge in [-0.15, -0.1) is 10.2 Å². The Morgan fingerprint density at radius 1 is 1.17 bits per heavy atom. The topological polar surface area (TPSA) is 85.4 Å². The summed E-state index contributed by atoms with van der Waals surface area (Å²) in [4.78, 5) is 12.6. The number of aromatic nitrogens is 1. The lowest BCUT2D eigenvalue weighted by Crippen LogP contribution is -2.07. The number of ether oxygens (including phenoxy) is 2. The average molecular weight is 395 g/mol. The first-order valence-corrected chi connectivity index (χ1v) is 9.48. The number of azo groups is 1. The zero-order valence-corrected chi connectivity index (χ0v) is 17.3. The van der Waals surface area contributed by atoms with Gasteiger partial charge in [-0.1, -0.05) is 11.6 Å². The standard InChI is InChI=1S/C22H25N3O4/c1-6-25-17-9-7-14(4)11-16(17)20(22(25)27)23-24-21(26)15-8-10-18(29-13(2)3)19(12-15)28-5/h7-13,27H,6H2,1-5H3. The zero-order chi connectivity index (χ0) is 21.1. The van der Waals surface area contributed by atoms with Gasteiger partial charge in [-0.25, -0.2) is 0 Å². The van der Waals surface area contributed by atoms with Crippen molar-refractivity contribution in [1.29, 1.82) is 0 Å². The van der Waals surface area contributed by atoms with E-state index in [4.69, 9.17) is 9.47 Å². The second kappa shape index (κ2) is 8.34. The number of carbonyl (C=O) groups is 1. The van der Waals surface area contributed by atoms with Crippen LogP contribution in [0.3, 0.4) is 0 Å². The van der Waals surface area contributed by atoms with Crippen molar-refractivity contribution in [3.05, 3.63) is 47.5 Å². The van der Waals surface area contributed by atoms with Crippen molar-refractivity contribution in [3.8, 4) is 17.4 Å². The first-order valence-electron chi connectivity index (χ1n) is 9.48. The minimum absolute atomic E-state index is 0.0112. The van der Waals surface area contributed by atoms with Crippen LogP contribution in [0.5, 0.6) is 17.4 Å². The number of benzene rings is 2. The molecule has 3 rings (SSSR count). The van der Waals surface area contributed by atoms with Gasteiger partial charge in [0.15, 0.2) is 17.2 Å². The molecule has 0 radical (unpaired) electrons. The van der Waals surface area contributed by atoms with E-state index >= 15 is 0 Å². The van der Waals surface area contributed by atoms with Gasteiger partial charge in [-0.2, -0.15) is 0 Å². The molecule has 2 aromatic carbocycles. The van der Waals surface area contributed by atoms with Crippen LogP contribution in [0.2, 0.25) is 0 Å². The maximum atomic E-state index is 12.6. The number of hydrogen-bond donors (Lipinski definition) is 1. The fourth-order valence-corrected chi connectivity index (χ4v) is 3.16. The van der Waals surface area contributed by atoms with E-state index in [9.17, 15) is 9.90 Å². The van der Waals surface area contributed by atoms with Gasteiger partial charge in [-0.05, 0) is 58.0 Å². The fourth-order valence-electron chi connectivity index (χ4n) is 3.16. The Labute approximate surface area is 169 Å². The Bertz CT molecular complexity index is 1080. The van der Waals surface area contributed by atoms with Gasteiger partial charge in [0, 0.05) is 17.5 Å². The molecule has 0 atom stereocenters. The Morgan fingerprint density at radius 3 is 2.59 bits per heavy atom. The molecule has 7 heteroatoms. The molecule has 152 valence electrons. The Hall–Kier alpha value is -3.35. The predicted molar refractivity (Wildman–Crippen MR) is 112 cm³/mol. The summed E-state index contributed by atoms with van der Waals surface area (Å²) in [5, 5.41) is 19.2. The summed E-state index contributed by atoms with van der Waals surface area (Å²) < 4.78 is 12.7. The fraction of sp³-hybridized carbons (Fsp3) is 0.318. The largest absolute Gasteiger partial charge is 0.493 e. The molecule has 1 N–H and O–H groups in total. The molecule has 0 unspecified atom stereocenters. The smallest absolute Gasteiger partial charge is 0.295 e. The highest BCUT2D eigenvalue weighted by atomic mass is 16.5. The molecule has 1 heterocycles. The SMILES string of the molecule is CCn1c(O)c(N=NC(=O)c2ccc(OC(C)C)c(OC)c2)c2cc(C)ccc21. The van der Waals surface area contributed by atoms with Crippen LogP contribution >= 0.6 is 0 Å². The van der Waals surface area contributed by atoms with Crippen LogP contribution in [0.15, 0.2) is 46.6 Å². The monoisotopic (exact) mass is 395 g/mol. The molecule has 7 nitrogen and oxygen atoms in total. The first-order chi connectivity index (χ1) is 13.8. The summed E-state index contributed by atoms with van der Waals surface area (Å²) in [5.74, 6) is 0.447. The normalized spacial score (nSPS) is 11.5. The molecule has 1 aromatic heterocycles. The molecular formula is C22H25N3O4. The highest BCUT2D eigenvalue weighted by molar-refractivity contribution is 5.98. The average Bonchev–Trinajstić information content (AvgIpc) is 2.95. The quantitative estimate of drug-likeness (QED) is 0.567. The van der Waals surface area contributed by atoms with Crippen molar-refractivity contribution in [2.45, 2.75) is 40.3 Å². The maximum absolute atomic E-state index is 12.6. The summed E-state index contributed by atoms with van der Waals surface area (Å²) in [6.07, 6.45) is -0.0209. The molecule has 0 aliphatic rings. The molecule has 0 fully saturated rings. The van der Waals surface area contributed by atoms with Gasteiger partial charge in [0.05, 0.1) is 18.7 Å². The molecule has 3 aromatic rings. The minimum Gasteiger partial charge on any atom is -0.493 e. The van der Waals surface area contributed by atoms with Crippen LogP contribution in [0.25, 0.3) is 10.9 Å². The number of aryl methyl sites for hydroxylation is 2. The van der Waals surface area contributed by atoms with Crippen LogP contribution < -0.4 is 9.47 Å². The Kier molecular flexibility index (Phi) is 5.87. The lowest BCUT2D eigenvalue weighted by Gasteiger charge is -2.13. The Balaban J connectivity index is 1.95. The van der Waals surface area contributed by atoms with E-state index in [0.29, 0.717) is 23.6 Å². The number of carbonyl (C=O) groups excluding carboxylic acids is 1. The van der Waals surface area contributed by atoms with Crippen LogP contribution in [0.4, 0.5) is 5.69 Å². The lowest BCUT2D eigenvalue weighted by atomic mass is 10.1. The second-order valence-electron chi connectivity index (χ2n) is 6.97. The molecule has 0 bridgehead atoms. The van der Waals surface area contributed by atoms with Crippen molar-refractivity contribution < 1.29 is 19.4 Å². The summed E-state index contributed by atoms with van der Waals surface area (Å²) in [7, 11) is 1.51. The Morgan fingerprint density at radius 2 is 1.93 bits per heavy atom. The predicted octanol–water partition coefficient (Wildman–Crippen LogP) is 5.40. The zero-order valence-electron chi connectivity index (χ0n) is 17.3. The summed E-state index contributed by atoms with van der Waals surface area (Å²) in [6.45, 7) is 8.28. The van der Waals surface area contributed by atoms with Crippen LogP contribution in [0, 0.1) is 6.92 Å². The molecule has 29 heavy (non-hydrogen) atoms. The van der Waals surface area contributed by atoms with E-state index < -0.39 is 5.91 Å². The molecule has 0 spiro atoms. The van der Waals surface area contributed by atoms with E-state index in [-0.39, 0.29) is 17.7 Å². The van der Waals surface area contributed by atoms with Crippen molar-refractivity contribution in [1.82, 2.24) is 4.57 Å². The van der Waals surface area contributed by atoms with Gasteiger partial charge in [-0.3, -0.25) is 4.79 Å². The third-order valence-electron chi connectivity index (χ3n) is 4.50. The number of hydrogen-bond acceptors (Lipinski definition) is 5. The van der Waals surface area contributed by atoms with Crippen molar-refractivity contribution in [3.63, 3.8) is 0 Å². The van der Waals surface area contributed by atoms with E-state index in [0.717, 1.165) is 16.5 Å². The summed E-state index contributed by atoms with van der Waals surface area (Å²) in [5.41, 5.74) is 2.47. The summed E-state index contributed by atoms with van der Waals surface area (Å²) in [6, 6.07) is 10.7. The second-order valence-corrected chi connectivity index (χ2v) is 6.97. The van der Waals surface area contributed by atoms with Crippen molar-refractivity contribution in [2.24, 2.45) is 10.2 Å². The van der Waals surface area contributed by atoms with Gasteiger partial charge >= 0.3 is 0 Å². The third kappa shape index (κ3) is 4.08. The third-order valence-corrected chi connectivity index (χ3v) is 4.50.